The molecule has 96 valence electrons. The molecule has 1 aromatic heterocycles. The Morgan fingerprint density at radius 3 is 2.65 bits per heavy atom. The molecule has 0 saturated carbocycles. The summed E-state index contributed by atoms with van der Waals surface area (Å²) >= 11 is 3.43. The van der Waals surface area contributed by atoms with E-state index in [1.54, 1.807) is 24.1 Å². The van der Waals surface area contributed by atoms with Crippen molar-refractivity contribution in [3.8, 4) is 0 Å². The third-order valence-corrected chi connectivity index (χ3v) is 3.17. The number of hydrogen-bond donors (Lipinski definition) is 1. The van der Waals surface area contributed by atoms with E-state index in [0.717, 1.165) is 11.8 Å². The van der Waals surface area contributed by atoms with Gasteiger partial charge < -0.3 is 5.32 Å². The number of amides is 1. The third kappa shape index (κ3) is 4.15. The topological polar surface area (TPSA) is 46.9 Å². The van der Waals surface area contributed by atoms with Gasteiger partial charge >= 0.3 is 0 Å². The van der Waals surface area contributed by atoms with E-state index in [1.807, 2.05) is 0 Å². The van der Waals surface area contributed by atoms with Gasteiger partial charge in [0.15, 0.2) is 0 Å². The summed E-state index contributed by atoms with van der Waals surface area (Å²) in [5.74, 6) is -0.0565. The number of nitrogens with zero attached hydrogens (tertiary/aromatic N) is 2. The van der Waals surface area contributed by atoms with E-state index in [1.165, 1.54) is 0 Å². The molecule has 0 saturated heterocycles. The largest absolute Gasteiger partial charge is 0.349 e. The molecule has 0 aliphatic rings. The van der Waals surface area contributed by atoms with Crippen molar-refractivity contribution in [2.45, 2.75) is 33.2 Å². The minimum atomic E-state index is -0.0565. The Morgan fingerprint density at radius 1 is 1.59 bits per heavy atom. The lowest BCUT2D eigenvalue weighted by atomic mass is 9.85. The Balaban J connectivity index is 2.71. The van der Waals surface area contributed by atoms with E-state index in [-0.39, 0.29) is 17.4 Å². The molecule has 0 spiro atoms. The van der Waals surface area contributed by atoms with Crippen LogP contribution in [-0.2, 0) is 7.05 Å². The summed E-state index contributed by atoms with van der Waals surface area (Å²) in [5.41, 5.74) is 0.655. The standard InChI is InChI=1S/C12H20BrN3O/c1-12(2,3)10(5-6-13)15-11(17)9-7-14-16(4)8-9/h7-8,10H,5-6H2,1-4H3,(H,15,17). The number of hydrogen-bond acceptors (Lipinski definition) is 2. The summed E-state index contributed by atoms with van der Waals surface area (Å²) in [6.45, 7) is 6.39. The van der Waals surface area contributed by atoms with Crippen molar-refractivity contribution in [1.29, 1.82) is 0 Å². The molecule has 4 nitrogen and oxygen atoms in total. The summed E-state index contributed by atoms with van der Waals surface area (Å²) in [7, 11) is 1.80. The molecule has 0 fully saturated rings. The molecule has 0 radical (unpaired) electrons. The van der Waals surface area contributed by atoms with Gasteiger partial charge in [-0.15, -0.1) is 0 Å². The van der Waals surface area contributed by atoms with E-state index in [2.05, 4.69) is 47.1 Å². The molecule has 1 unspecified atom stereocenters. The van der Waals surface area contributed by atoms with Crippen molar-refractivity contribution >= 4 is 21.8 Å². The fourth-order valence-corrected chi connectivity index (χ4v) is 2.07. The highest BCUT2D eigenvalue weighted by Crippen LogP contribution is 2.22. The number of aryl methyl sites for hydroxylation is 1. The summed E-state index contributed by atoms with van der Waals surface area (Å²) < 4.78 is 1.63. The van der Waals surface area contributed by atoms with Crippen molar-refractivity contribution in [1.82, 2.24) is 15.1 Å². The minimum Gasteiger partial charge on any atom is -0.349 e. The van der Waals surface area contributed by atoms with Crippen LogP contribution in [0.5, 0.6) is 0 Å². The summed E-state index contributed by atoms with van der Waals surface area (Å²) in [6, 6.07) is 0.148. The summed E-state index contributed by atoms with van der Waals surface area (Å²) in [6.07, 6.45) is 4.22. The van der Waals surface area contributed by atoms with Gasteiger partial charge in [-0.05, 0) is 11.8 Å². The van der Waals surface area contributed by atoms with Gasteiger partial charge in [0, 0.05) is 24.6 Å². The summed E-state index contributed by atoms with van der Waals surface area (Å²) in [4.78, 5) is 12.0. The monoisotopic (exact) mass is 301 g/mol. The predicted molar refractivity (Wildman–Crippen MR) is 72.3 cm³/mol. The van der Waals surface area contributed by atoms with Gasteiger partial charge in [-0.1, -0.05) is 36.7 Å². The molecule has 0 aliphatic carbocycles. The lowest BCUT2D eigenvalue weighted by molar-refractivity contribution is 0.0900. The zero-order valence-electron chi connectivity index (χ0n) is 10.8. The second-order valence-corrected chi connectivity index (χ2v) is 6.07. The molecular weight excluding hydrogens is 282 g/mol. The van der Waals surface area contributed by atoms with Gasteiger partial charge in [0.25, 0.3) is 5.91 Å². The highest BCUT2D eigenvalue weighted by Gasteiger charge is 2.26. The summed E-state index contributed by atoms with van der Waals surface area (Å²) in [5, 5.41) is 7.94. The molecule has 5 heteroatoms. The Bertz CT molecular complexity index is 381. The SMILES string of the molecule is Cn1cc(C(=O)NC(CCBr)C(C)(C)C)cn1. The molecule has 0 aromatic carbocycles. The first-order chi connectivity index (χ1) is 7.84. The smallest absolute Gasteiger partial charge is 0.254 e. The molecule has 1 N–H and O–H groups in total. The maximum Gasteiger partial charge on any atom is 0.254 e. The maximum atomic E-state index is 12.0. The second kappa shape index (κ2) is 5.67. The zero-order valence-corrected chi connectivity index (χ0v) is 12.4. The predicted octanol–water partition coefficient (Wildman–Crippen LogP) is 2.35. The number of alkyl halides is 1. The first-order valence-corrected chi connectivity index (χ1v) is 6.82. The van der Waals surface area contributed by atoms with E-state index in [0.29, 0.717) is 5.56 Å². The van der Waals surface area contributed by atoms with Crippen LogP contribution in [0.1, 0.15) is 37.6 Å². The highest BCUT2D eigenvalue weighted by atomic mass is 79.9. The first kappa shape index (κ1) is 14.2. The van der Waals surface area contributed by atoms with E-state index < -0.39 is 0 Å². The molecule has 0 bridgehead atoms. The van der Waals surface area contributed by atoms with Crippen molar-refractivity contribution in [2.24, 2.45) is 12.5 Å². The number of carbonyl (C=O) groups excluding carboxylic acids is 1. The van der Waals surface area contributed by atoms with Crippen LogP contribution in [0.25, 0.3) is 0 Å². The number of halogens is 1. The quantitative estimate of drug-likeness (QED) is 0.868. The molecule has 1 atom stereocenters. The number of carbonyl (C=O) groups is 1. The Morgan fingerprint density at radius 2 is 2.24 bits per heavy atom. The van der Waals surface area contributed by atoms with Crippen LogP contribution < -0.4 is 5.32 Å². The molecule has 1 amide bonds. The van der Waals surface area contributed by atoms with Gasteiger partial charge in [0.2, 0.25) is 0 Å². The Labute approximate surface area is 111 Å². The minimum absolute atomic E-state index is 0.0473. The Kier molecular flexibility index (Phi) is 4.74. The average molecular weight is 302 g/mol. The number of aromatic nitrogens is 2. The van der Waals surface area contributed by atoms with Gasteiger partial charge in [0.1, 0.15) is 0 Å². The lowest BCUT2D eigenvalue weighted by Crippen LogP contribution is -2.43. The van der Waals surface area contributed by atoms with Crippen molar-refractivity contribution in [3.63, 3.8) is 0 Å². The molecule has 17 heavy (non-hydrogen) atoms. The van der Waals surface area contributed by atoms with E-state index in [9.17, 15) is 4.79 Å². The number of rotatable bonds is 4. The van der Waals surface area contributed by atoms with Crippen LogP contribution in [0, 0.1) is 5.41 Å². The molecule has 0 aliphatic heterocycles. The van der Waals surface area contributed by atoms with Crippen LogP contribution in [0.15, 0.2) is 12.4 Å². The van der Waals surface area contributed by atoms with Crippen molar-refractivity contribution in [3.05, 3.63) is 18.0 Å². The van der Waals surface area contributed by atoms with Crippen LogP contribution >= 0.6 is 15.9 Å². The van der Waals surface area contributed by atoms with Crippen LogP contribution in [0.4, 0.5) is 0 Å². The average Bonchev–Trinajstić information content (AvgIpc) is 2.62. The first-order valence-electron chi connectivity index (χ1n) is 5.70. The van der Waals surface area contributed by atoms with Crippen LogP contribution in [-0.4, -0.2) is 27.1 Å². The van der Waals surface area contributed by atoms with Crippen molar-refractivity contribution in [2.75, 3.05) is 5.33 Å². The molecule has 1 heterocycles. The highest BCUT2D eigenvalue weighted by molar-refractivity contribution is 9.09. The fraction of sp³-hybridized carbons (Fsp3) is 0.667. The van der Waals surface area contributed by atoms with E-state index in [4.69, 9.17) is 0 Å². The third-order valence-electron chi connectivity index (χ3n) is 2.72. The molecule has 1 aromatic rings. The normalized spacial score (nSPS) is 13.5. The van der Waals surface area contributed by atoms with Crippen molar-refractivity contribution < 1.29 is 4.79 Å². The maximum absolute atomic E-state index is 12.0. The van der Waals surface area contributed by atoms with Gasteiger partial charge in [-0.2, -0.15) is 5.10 Å². The lowest BCUT2D eigenvalue weighted by Gasteiger charge is -2.31. The molecular formula is C12H20BrN3O. The van der Waals surface area contributed by atoms with Gasteiger partial charge in [0.05, 0.1) is 11.8 Å². The van der Waals surface area contributed by atoms with Crippen LogP contribution in [0.2, 0.25) is 0 Å². The number of nitrogens with one attached hydrogen (secondary N) is 1. The van der Waals surface area contributed by atoms with Gasteiger partial charge in [-0.25, -0.2) is 0 Å². The van der Waals surface area contributed by atoms with E-state index >= 15 is 0 Å². The molecule has 1 rings (SSSR count). The van der Waals surface area contributed by atoms with Gasteiger partial charge in [-0.3, -0.25) is 9.48 Å². The second-order valence-electron chi connectivity index (χ2n) is 5.27. The fourth-order valence-electron chi connectivity index (χ4n) is 1.61. The van der Waals surface area contributed by atoms with Crippen LogP contribution in [0.3, 0.4) is 0 Å². The Hall–Kier alpha value is -0.840. The zero-order chi connectivity index (χ0) is 13.1.